The molecule has 3 rings (SSSR count). The van der Waals surface area contributed by atoms with E-state index >= 15 is 0 Å². The van der Waals surface area contributed by atoms with Gasteiger partial charge in [0, 0.05) is 10.9 Å². The number of benzene rings is 1. The number of carbonyl (C=O) groups is 1. The van der Waals surface area contributed by atoms with E-state index in [0.717, 1.165) is 6.07 Å². The van der Waals surface area contributed by atoms with E-state index in [1.807, 2.05) is 0 Å². The quantitative estimate of drug-likeness (QED) is 0.665. The Labute approximate surface area is 162 Å². The zero-order chi connectivity index (χ0) is 20.3. The molecule has 10 heteroatoms. The van der Waals surface area contributed by atoms with Crippen LogP contribution in [-0.2, 0) is 6.18 Å². The van der Waals surface area contributed by atoms with Crippen LogP contribution in [0.4, 0.5) is 19.0 Å². The maximum absolute atomic E-state index is 13.2. The van der Waals surface area contributed by atoms with Gasteiger partial charge >= 0.3 is 6.18 Å². The van der Waals surface area contributed by atoms with Crippen LogP contribution in [-0.4, -0.2) is 27.2 Å². The first kappa shape index (κ1) is 19.7. The smallest absolute Gasteiger partial charge is 0.419 e. The van der Waals surface area contributed by atoms with Crippen LogP contribution in [0.3, 0.4) is 0 Å². The van der Waals surface area contributed by atoms with Crippen LogP contribution in [0, 0.1) is 0 Å². The molecule has 146 valence electrons. The molecule has 2 heterocycles. The molecular weight excluding hydrogens is 393 g/mol. The van der Waals surface area contributed by atoms with Crippen molar-refractivity contribution >= 4 is 23.1 Å². The standard InChI is InChI=1S/C18H15F3N4O2S/c1-10(2)27-15-7-11(3-4-12(15)18(19,20)21)13-5-6-16(25-24-13)23-17(26)14-8-28-9-22-14/h3-10H,1-2H3,(H,23,25,26). The Morgan fingerprint density at radius 3 is 2.54 bits per heavy atom. The average Bonchev–Trinajstić information content (AvgIpc) is 3.15. The number of amides is 1. The molecule has 3 aromatic rings. The Hall–Kier alpha value is -3.01. The van der Waals surface area contributed by atoms with Crippen molar-refractivity contribution < 1.29 is 22.7 Å². The zero-order valence-electron chi connectivity index (χ0n) is 14.8. The first-order chi connectivity index (χ1) is 13.2. The lowest BCUT2D eigenvalue weighted by Gasteiger charge is -2.17. The Morgan fingerprint density at radius 1 is 1.18 bits per heavy atom. The number of nitrogens with one attached hydrogen (secondary N) is 1. The summed E-state index contributed by atoms with van der Waals surface area (Å²) < 4.78 is 44.8. The van der Waals surface area contributed by atoms with Crippen LogP contribution in [0.1, 0.15) is 29.9 Å². The van der Waals surface area contributed by atoms with Gasteiger partial charge in [0.25, 0.3) is 5.91 Å². The Balaban J connectivity index is 1.84. The maximum Gasteiger partial charge on any atom is 0.419 e. The largest absolute Gasteiger partial charge is 0.490 e. The minimum Gasteiger partial charge on any atom is -0.490 e. The summed E-state index contributed by atoms with van der Waals surface area (Å²) >= 11 is 1.29. The highest BCUT2D eigenvalue weighted by Gasteiger charge is 2.34. The van der Waals surface area contributed by atoms with E-state index in [1.54, 1.807) is 25.3 Å². The summed E-state index contributed by atoms with van der Waals surface area (Å²) in [6, 6.07) is 6.58. The lowest BCUT2D eigenvalue weighted by atomic mass is 10.1. The van der Waals surface area contributed by atoms with Gasteiger partial charge < -0.3 is 10.1 Å². The van der Waals surface area contributed by atoms with Crippen LogP contribution < -0.4 is 10.1 Å². The summed E-state index contributed by atoms with van der Waals surface area (Å²) in [5.74, 6) is -0.500. The first-order valence-corrected chi connectivity index (χ1v) is 9.10. The third kappa shape index (κ3) is 4.63. The number of aromatic nitrogens is 3. The number of ether oxygens (including phenoxy) is 1. The van der Waals surface area contributed by atoms with Gasteiger partial charge in [0.15, 0.2) is 5.82 Å². The van der Waals surface area contributed by atoms with Gasteiger partial charge in [-0.1, -0.05) is 6.07 Å². The van der Waals surface area contributed by atoms with Crippen molar-refractivity contribution in [3.05, 3.63) is 52.5 Å². The summed E-state index contributed by atoms with van der Waals surface area (Å²) in [4.78, 5) is 15.8. The third-order valence-corrected chi connectivity index (χ3v) is 4.10. The van der Waals surface area contributed by atoms with E-state index in [0.29, 0.717) is 11.3 Å². The van der Waals surface area contributed by atoms with Crippen molar-refractivity contribution in [1.29, 1.82) is 0 Å². The van der Waals surface area contributed by atoms with Crippen LogP contribution in [0.5, 0.6) is 5.75 Å². The van der Waals surface area contributed by atoms with Crippen molar-refractivity contribution in [2.45, 2.75) is 26.1 Å². The molecule has 0 spiro atoms. The van der Waals surface area contributed by atoms with E-state index in [4.69, 9.17) is 4.74 Å². The molecule has 0 fully saturated rings. The van der Waals surface area contributed by atoms with Gasteiger partial charge in [-0.25, -0.2) is 4.98 Å². The van der Waals surface area contributed by atoms with Gasteiger partial charge in [0.2, 0.25) is 0 Å². The van der Waals surface area contributed by atoms with Crippen LogP contribution >= 0.6 is 11.3 Å². The molecule has 0 atom stereocenters. The molecule has 0 aliphatic carbocycles. The van der Waals surface area contributed by atoms with Crippen molar-refractivity contribution in [1.82, 2.24) is 15.2 Å². The van der Waals surface area contributed by atoms with E-state index in [1.165, 1.54) is 35.0 Å². The lowest BCUT2D eigenvalue weighted by Crippen LogP contribution is -2.14. The maximum atomic E-state index is 13.2. The molecule has 0 aliphatic heterocycles. The monoisotopic (exact) mass is 408 g/mol. The summed E-state index contributed by atoms with van der Waals surface area (Å²) in [6.07, 6.45) is -4.95. The average molecular weight is 408 g/mol. The molecule has 0 unspecified atom stereocenters. The number of halogens is 3. The number of alkyl halides is 3. The first-order valence-electron chi connectivity index (χ1n) is 8.15. The van der Waals surface area contributed by atoms with E-state index in [2.05, 4.69) is 20.5 Å². The van der Waals surface area contributed by atoms with Gasteiger partial charge in [-0.15, -0.1) is 21.5 Å². The summed E-state index contributed by atoms with van der Waals surface area (Å²) in [5.41, 5.74) is 1.69. The van der Waals surface area contributed by atoms with E-state index in [-0.39, 0.29) is 17.3 Å². The predicted molar refractivity (Wildman–Crippen MR) is 98.3 cm³/mol. The van der Waals surface area contributed by atoms with Gasteiger partial charge in [-0.05, 0) is 38.1 Å². The number of thiazole rings is 1. The predicted octanol–water partition coefficient (Wildman–Crippen LogP) is 4.66. The fourth-order valence-electron chi connectivity index (χ4n) is 2.33. The molecule has 0 saturated carbocycles. The van der Waals surface area contributed by atoms with E-state index < -0.39 is 23.8 Å². The van der Waals surface area contributed by atoms with Crippen LogP contribution in [0.15, 0.2) is 41.2 Å². The number of anilines is 1. The molecule has 1 N–H and O–H groups in total. The second kappa shape index (κ2) is 7.93. The van der Waals surface area contributed by atoms with E-state index in [9.17, 15) is 18.0 Å². The SMILES string of the molecule is CC(C)Oc1cc(-c2ccc(NC(=O)c3cscn3)nn2)ccc1C(F)(F)F. The second-order valence-corrected chi connectivity index (χ2v) is 6.73. The molecule has 0 radical (unpaired) electrons. The Morgan fingerprint density at radius 2 is 1.96 bits per heavy atom. The lowest BCUT2D eigenvalue weighted by molar-refractivity contribution is -0.139. The van der Waals surface area contributed by atoms with Crippen molar-refractivity contribution in [3.63, 3.8) is 0 Å². The second-order valence-electron chi connectivity index (χ2n) is 6.01. The van der Waals surface area contributed by atoms with Gasteiger partial charge in [-0.3, -0.25) is 4.79 Å². The molecule has 6 nitrogen and oxygen atoms in total. The molecule has 0 bridgehead atoms. The van der Waals surface area contributed by atoms with Crippen molar-refractivity contribution in [3.8, 4) is 17.0 Å². The van der Waals surface area contributed by atoms with Crippen molar-refractivity contribution in [2.24, 2.45) is 0 Å². The Bertz CT molecular complexity index is 958. The minimum absolute atomic E-state index is 0.201. The van der Waals surface area contributed by atoms with Crippen LogP contribution in [0.2, 0.25) is 0 Å². The fourth-order valence-corrected chi connectivity index (χ4v) is 2.86. The molecule has 1 aromatic carbocycles. The van der Waals surface area contributed by atoms with Crippen LogP contribution in [0.25, 0.3) is 11.3 Å². The summed E-state index contributed by atoms with van der Waals surface area (Å²) in [5, 5.41) is 12.0. The van der Waals surface area contributed by atoms with Crippen molar-refractivity contribution in [2.75, 3.05) is 5.32 Å². The molecule has 0 aliphatic rings. The van der Waals surface area contributed by atoms with Gasteiger partial charge in [-0.2, -0.15) is 13.2 Å². The number of hydrogen-bond acceptors (Lipinski definition) is 6. The topological polar surface area (TPSA) is 77.0 Å². The fraction of sp³-hybridized carbons (Fsp3) is 0.222. The highest BCUT2D eigenvalue weighted by Crippen LogP contribution is 2.38. The number of rotatable bonds is 5. The van der Waals surface area contributed by atoms with Gasteiger partial charge in [0.1, 0.15) is 11.4 Å². The summed E-state index contributed by atoms with van der Waals surface area (Å²) in [7, 11) is 0. The third-order valence-electron chi connectivity index (χ3n) is 3.52. The Kier molecular flexibility index (Phi) is 5.59. The summed E-state index contributed by atoms with van der Waals surface area (Å²) in [6.45, 7) is 3.29. The molecule has 28 heavy (non-hydrogen) atoms. The van der Waals surface area contributed by atoms with Gasteiger partial charge in [0.05, 0.1) is 22.9 Å². The normalized spacial score (nSPS) is 11.5. The molecule has 1 amide bonds. The molecule has 2 aromatic heterocycles. The number of carbonyl (C=O) groups excluding carboxylic acids is 1. The highest BCUT2D eigenvalue weighted by molar-refractivity contribution is 7.07. The number of nitrogens with zero attached hydrogens (tertiary/aromatic N) is 3. The minimum atomic E-state index is -4.53. The zero-order valence-corrected chi connectivity index (χ0v) is 15.6. The highest BCUT2D eigenvalue weighted by atomic mass is 32.1. The molecular formula is C18H15F3N4O2S. The number of hydrogen-bond donors (Lipinski definition) is 1. The molecule has 0 saturated heterocycles.